The van der Waals surface area contributed by atoms with Crippen molar-refractivity contribution < 1.29 is 9.13 Å². The summed E-state index contributed by atoms with van der Waals surface area (Å²) in [5.41, 5.74) is 1.05. The van der Waals surface area contributed by atoms with Gasteiger partial charge in [0.15, 0.2) is 0 Å². The van der Waals surface area contributed by atoms with E-state index in [9.17, 15) is 4.39 Å². The van der Waals surface area contributed by atoms with Gasteiger partial charge < -0.3 is 10.1 Å². The summed E-state index contributed by atoms with van der Waals surface area (Å²) >= 11 is 0. The highest BCUT2D eigenvalue weighted by Crippen LogP contribution is 2.29. The van der Waals surface area contributed by atoms with Crippen molar-refractivity contribution in [2.24, 2.45) is 5.92 Å². The molecule has 0 aromatic heterocycles. The molecule has 1 aliphatic rings. The van der Waals surface area contributed by atoms with Gasteiger partial charge in [0.2, 0.25) is 0 Å². The van der Waals surface area contributed by atoms with Gasteiger partial charge in [-0.25, -0.2) is 4.39 Å². The monoisotopic (exact) mass is 279 g/mol. The minimum atomic E-state index is -0.224. The Morgan fingerprint density at radius 3 is 2.80 bits per heavy atom. The first-order valence-electron chi connectivity index (χ1n) is 7.86. The van der Waals surface area contributed by atoms with Crippen LogP contribution in [0.25, 0.3) is 0 Å². The van der Waals surface area contributed by atoms with Gasteiger partial charge in [0.1, 0.15) is 11.6 Å². The molecule has 1 aromatic carbocycles. The molecule has 2 rings (SSSR count). The summed E-state index contributed by atoms with van der Waals surface area (Å²) in [6.07, 6.45) is 6.18. The van der Waals surface area contributed by atoms with Crippen molar-refractivity contribution in [3.05, 3.63) is 29.6 Å². The number of hydrogen-bond acceptors (Lipinski definition) is 2. The molecule has 1 N–H and O–H groups in total. The van der Waals surface area contributed by atoms with Gasteiger partial charge in [-0.3, -0.25) is 0 Å². The summed E-state index contributed by atoms with van der Waals surface area (Å²) in [5, 5.41) is 3.43. The van der Waals surface area contributed by atoms with Gasteiger partial charge in [-0.05, 0) is 44.7 Å². The largest absolute Gasteiger partial charge is 0.493 e. The van der Waals surface area contributed by atoms with Gasteiger partial charge in [0, 0.05) is 17.7 Å². The third kappa shape index (κ3) is 4.20. The molecule has 1 aliphatic carbocycles. The number of benzene rings is 1. The number of hydrogen-bond donors (Lipinski definition) is 1. The number of halogens is 1. The number of nitrogens with one attached hydrogen (secondary N) is 1. The van der Waals surface area contributed by atoms with E-state index in [2.05, 4.69) is 19.2 Å². The molecule has 1 saturated carbocycles. The van der Waals surface area contributed by atoms with Crippen LogP contribution in [0.1, 0.15) is 57.6 Å². The minimum Gasteiger partial charge on any atom is -0.493 e. The van der Waals surface area contributed by atoms with E-state index in [4.69, 9.17) is 4.74 Å². The molecule has 0 aliphatic heterocycles. The topological polar surface area (TPSA) is 21.3 Å². The second-order valence-electron chi connectivity index (χ2n) is 5.82. The second kappa shape index (κ2) is 7.63. The molecule has 0 bridgehead atoms. The Morgan fingerprint density at radius 2 is 2.10 bits per heavy atom. The average molecular weight is 279 g/mol. The molecule has 1 fully saturated rings. The normalized spacial score (nSPS) is 17.4. The Balaban J connectivity index is 2.02. The van der Waals surface area contributed by atoms with Gasteiger partial charge in [-0.1, -0.05) is 25.8 Å². The first-order valence-corrected chi connectivity index (χ1v) is 7.86. The fraction of sp³-hybridized carbons (Fsp3) is 0.647. The smallest absolute Gasteiger partial charge is 0.126 e. The van der Waals surface area contributed by atoms with E-state index in [0.29, 0.717) is 11.7 Å². The molecule has 1 atom stereocenters. The SMILES string of the molecule is CCCNC(C)c1ccc(F)cc1OCC1CCCC1. The molecule has 112 valence electrons. The lowest BCUT2D eigenvalue weighted by Crippen LogP contribution is -2.20. The van der Waals surface area contributed by atoms with Crippen molar-refractivity contribution in [2.75, 3.05) is 13.2 Å². The number of ether oxygens (including phenoxy) is 1. The Hall–Kier alpha value is -1.09. The molecule has 0 heterocycles. The summed E-state index contributed by atoms with van der Waals surface area (Å²) in [4.78, 5) is 0. The average Bonchev–Trinajstić information content (AvgIpc) is 2.96. The summed E-state index contributed by atoms with van der Waals surface area (Å²) < 4.78 is 19.4. The lowest BCUT2D eigenvalue weighted by Gasteiger charge is -2.19. The van der Waals surface area contributed by atoms with Gasteiger partial charge in [-0.15, -0.1) is 0 Å². The molecule has 2 nitrogen and oxygen atoms in total. The molecular weight excluding hydrogens is 253 g/mol. The molecule has 0 radical (unpaired) electrons. The lowest BCUT2D eigenvalue weighted by atomic mass is 10.1. The molecule has 3 heteroatoms. The highest BCUT2D eigenvalue weighted by molar-refractivity contribution is 5.36. The number of rotatable bonds is 7. The Bertz CT molecular complexity index is 415. The van der Waals surface area contributed by atoms with Crippen molar-refractivity contribution in [1.29, 1.82) is 0 Å². The maximum absolute atomic E-state index is 13.5. The Kier molecular flexibility index (Phi) is 5.84. The molecule has 20 heavy (non-hydrogen) atoms. The fourth-order valence-electron chi connectivity index (χ4n) is 2.85. The zero-order valence-electron chi connectivity index (χ0n) is 12.6. The van der Waals surface area contributed by atoms with Gasteiger partial charge in [0.05, 0.1) is 6.61 Å². The predicted molar refractivity (Wildman–Crippen MR) is 80.6 cm³/mol. The van der Waals surface area contributed by atoms with Crippen molar-refractivity contribution in [3.63, 3.8) is 0 Å². The van der Waals surface area contributed by atoms with Crippen LogP contribution in [-0.2, 0) is 0 Å². The minimum absolute atomic E-state index is 0.189. The van der Waals surface area contributed by atoms with E-state index in [0.717, 1.165) is 25.1 Å². The zero-order chi connectivity index (χ0) is 14.4. The zero-order valence-corrected chi connectivity index (χ0v) is 12.6. The molecule has 0 spiro atoms. The first-order chi connectivity index (χ1) is 9.70. The Morgan fingerprint density at radius 1 is 1.35 bits per heavy atom. The molecule has 1 aromatic rings. The van der Waals surface area contributed by atoms with E-state index in [1.165, 1.54) is 37.8 Å². The van der Waals surface area contributed by atoms with E-state index in [1.54, 1.807) is 0 Å². The summed E-state index contributed by atoms with van der Waals surface area (Å²) in [5.74, 6) is 1.12. The van der Waals surface area contributed by atoms with Gasteiger partial charge in [-0.2, -0.15) is 0 Å². The molecule has 0 saturated heterocycles. The lowest BCUT2D eigenvalue weighted by molar-refractivity contribution is 0.247. The third-order valence-electron chi connectivity index (χ3n) is 4.09. The van der Waals surface area contributed by atoms with Gasteiger partial charge >= 0.3 is 0 Å². The van der Waals surface area contributed by atoms with E-state index >= 15 is 0 Å². The molecule has 0 amide bonds. The van der Waals surface area contributed by atoms with Crippen molar-refractivity contribution in [2.45, 2.75) is 52.0 Å². The van der Waals surface area contributed by atoms with Crippen LogP contribution in [0.2, 0.25) is 0 Å². The van der Waals surface area contributed by atoms with Crippen molar-refractivity contribution >= 4 is 0 Å². The second-order valence-corrected chi connectivity index (χ2v) is 5.82. The summed E-state index contributed by atoms with van der Waals surface area (Å²) in [6.45, 7) is 5.92. The van der Waals surface area contributed by atoms with Crippen LogP contribution in [0.5, 0.6) is 5.75 Å². The van der Waals surface area contributed by atoms with E-state index in [1.807, 2.05) is 6.07 Å². The summed E-state index contributed by atoms with van der Waals surface area (Å²) in [7, 11) is 0. The van der Waals surface area contributed by atoms with Crippen molar-refractivity contribution in [1.82, 2.24) is 5.32 Å². The highest BCUT2D eigenvalue weighted by atomic mass is 19.1. The molecular formula is C17H26FNO. The van der Waals surface area contributed by atoms with Crippen LogP contribution < -0.4 is 10.1 Å². The van der Waals surface area contributed by atoms with Crippen LogP contribution in [0.3, 0.4) is 0 Å². The maximum Gasteiger partial charge on any atom is 0.126 e. The van der Waals surface area contributed by atoms with E-state index in [-0.39, 0.29) is 11.9 Å². The highest BCUT2D eigenvalue weighted by Gasteiger charge is 2.18. The first kappa shape index (κ1) is 15.3. The summed E-state index contributed by atoms with van der Waals surface area (Å²) in [6, 6.07) is 5.07. The van der Waals surface area contributed by atoms with Crippen LogP contribution in [0, 0.1) is 11.7 Å². The fourth-order valence-corrected chi connectivity index (χ4v) is 2.85. The standard InChI is InChI=1S/C17H26FNO/c1-3-10-19-13(2)16-9-8-15(18)11-17(16)20-12-14-6-4-5-7-14/h8-9,11,13-14,19H,3-7,10,12H2,1-2H3. The van der Waals surface area contributed by atoms with Crippen molar-refractivity contribution in [3.8, 4) is 5.75 Å². The van der Waals surface area contributed by atoms with E-state index < -0.39 is 0 Å². The molecule has 1 unspecified atom stereocenters. The Labute approximate surface area is 121 Å². The van der Waals surface area contributed by atoms with Crippen LogP contribution in [0.4, 0.5) is 4.39 Å². The van der Waals surface area contributed by atoms with Crippen LogP contribution >= 0.6 is 0 Å². The van der Waals surface area contributed by atoms with Gasteiger partial charge in [0.25, 0.3) is 0 Å². The predicted octanol–water partition coefficient (Wildman–Crippen LogP) is 4.46. The maximum atomic E-state index is 13.5. The third-order valence-corrected chi connectivity index (χ3v) is 4.09. The van der Waals surface area contributed by atoms with Crippen LogP contribution in [0.15, 0.2) is 18.2 Å². The quantitative estimate of drug-likeness (QED) is 0.796. The van der Waals surface area contributed by atoms with Crippen LogP contribution in [-0.4, -0.2) is 13.2 Å².